The molecule has 1 heterocycles. The minimum absolute atomic E-state index is 0.0188. The first-order chi connectivity index (χ1) is 19.1. The lowest BCUT2D eigenvalue weighted by atomic mass is 9.37. The van der Waals surface area contributed by atoms with Gasteiger partial charge in [0.1, 0.15) is 30.2 Å². The van der Waals surface area contributed by atoms with Gasteiger partial charge >= 0.3 is 0 Å². The summed E-state index contributed by atoms with van der Waals surface area (Å²) >= 11 is 0. The van der Waals surface area contributed by atoms with Crippen LogP contribution in [0.1, 0.15) is 112 Å². The number of aliphatic hydroxyl groups excluding tert-OH is 4. The van der Waals surface area contributed by atoms with Crippen LogP contribution in [-0.4, -0.2) is 63.3 Å². The molecule has 4 N–H and O–H groups in total. The molecule has 1 aliphatic heterocycles. The van der Waals surface area contributed by atoms with Crippen LogP contribution in [0.5, 0.6) is 0 Å². The summed E-state index contributed by atoms with van der Waals surface area (Å²) in [5.41, 5.74) is 2.03. The van der Waals surface area contributed by atoms with Crippen LogP contribution in [0.3, 0.4) is 0 Å². The van der Waals surface area contributed by atoms with Gasteiger partial charge in [0, 0.05) is 11.8 Å². The summed E-state index contributed by atoms with van der Waals surface area (Å²) in [7, 11) is 0. The second-order valence-electron chi connectivity index (χ2n) is 17.2. The number of ether oxygens (including phenoxy) is 1. The summed E-state index contributed by atoms with van der Waals surface area (Å²) in [5, 5.41) is 41.8. The zero-order valence-corrected chi connectivity index (χ0v) is 26.4. The molecule has 6 nitrogen and oxygen atoms in total. The summed E-state index contributed by atoms with van der Waals surface area (Å²) in [6.07, 6.45) is 8.72. The summed E-state index contributed by atoms with van der Waals surface area (Å²) < 4.78 is 6.11. The van der Waals surface area contributed by atoms with E-state index in [-0.39, 0.29) is 33.7 Å². The van der Waals surface area contributed by atoms with Crippen LogP contribution in [-0.2, 0) is 9.53 Å². The normalized spacial score (nSPS) is 52.4. The number of rotatable bonds is 3. The van der Waals surface area contributed by atoms with Crippen molar-refractivity contribution in [2.24, 2.45) is 50.7 Å². The number of Topliss-reactive ketones (excluding diaryl/α,β-unsaturated/α-hetero) is 1. The van der Waals surface area contributed by atoms with Crippen molar-refractivity contribution in [3.8, 4) is 0 Å². The van der Waals surface area contributed by atoms with Crippen LogP contribution >= 0.6 is 0 Å². The Kier molecular flexibility index (Phi) is 7.27. The Bertz CT molecular complexity index is 1080. The summed E-state index contributed by atoms with van der Waals surface area (Å²) in [6, 6.07) is 0. The lowest BCUT2D eigenvalue weighted by molar-refractivity contribution is -0.240. The Labute approximate surface area is 247 Å². The zero-order chi connectivity index (χ0) is 29.8. The van der Waals surface area contributed by atoms with Gasteiger partial charge in [0.2, 0.25) is 0 Å². The number of hydrogen-bond acceptors (Lipinski definition) is 6. The van der Waals surface area contributed by atoms with Gasteiger partial charge < -0.3 is 25.2 Å². The van der Waals surface area contributed by atoms with E-state index in [1.54, 1.807) is 5.57 Å². The average Bonchev–Trinajstić information content (AvgIpc) is 2.91. The van der Waals surface area contributed by atoms with Crippen LogP contribution < -0.4 is 0 Å². The average molecular weight is 573 g/mol. The molecule has 7 unspecified atom stereocenters. The number of carbonyl (C=O) groups is 1. The van der Waals surface area contributed by atoms with Crippen molar-refractivity contribution in [2.45, 2.75) is 143 Å². The molecule has 0 amide bonds. The van der Waals surface area contributed by atoms with Crippen LogP contribution in [0.25, 0.3) is 0 Å². The number of aliphatic hydroxyl groups is 4. The topological polar surface area (TPSA) is 107 Å². The largest absolute Gasteiger partial charge is 0.394 e. The molecule has 0 radical (unpaired) electrons. The molecule has 0 bridgehead atoms. The monoisotopic (exact) mass is 572 g/mol. The molecule has 6 aliphatic rings. The predicted octanol–water partition coefficient (Wildman–Crippen LogP) is 5.20. The smallest absolute Gasteiger partial charge is 0.138 e. The highest BCUT2D eigenvalue weighted by Crippen LogP contribution is 2.72. The van der Waals surface area contributed by atoms with Crippen molar-refractivity contribution in [3.05, 3.63) is 11.6 Å². The summed E-state index contributed by atoms with van der Waals surface area (Å²) in [5.74, 6) is 2.44. The Morgan fingerprint density at radius 1 is 0.805 bits per heavy atom. The first-order valence-electron chi connectivity index (χ1n) is 16.6. The van der Waals surface area contributed by atoms with E-state index >= 15 is 0 Å². The SMILES string of the molecule is CC1(C)CC[C@]2(C[C@@H]3OC(CO)[C@H](O)C(O)C3O)CCC3C(=CCC4[C@@]3(C)CCC3C(C)(C)C(=O)CC[C@@]34C)C2C1. The highest BCUT2D eigenvalue weighted by Gasteiger charge is 2.65. The van der Waals surface area contributed by atoms with Gasteiger partial charge in [-0.05, 0) is 110 Å². The fourth-order valence-electron chi connectivity index (χ4n) is 11.9. The number of hydrogen-bond donors (Lipinski definition) is 4. The molecule has 0 aromatic rings. The van der Waals surface area contributed by atoms with E-state index in [0.29, 0.717) is 42.3 Å². The zero-order valence-electron chi connectivity index (χ0n) is 26.4. The highest BCUT2D eigenvalue weighted by atomic mass is 16.5. The van der Waals surface area contributed by atoms with E-state index in [2.05, 4.69) is 47.6 Å². The molecule has 0 aromatic carbocycles. The number of carbonyl (C=O) groups excluding carboxylic acids is 1. The van der Waals surface area contributed by atoms with Gasteiger partial charge in [0.05, 0.1) is 12.7 Å². The number of fused-ring (bicyclic) bond motifs is 7. The molecular formula is C35H56O6. The van der Waals surface area contributed by atoms with E-state index in [1.807, 2.05) is 0 Å². The van der Waals surface area contributed by atoms with Gasteiger partial charge in [-0.15, -0.1) is 0 Å². The first kappa shape index (κ1) is 30.2. The molecule has 1 saturated heterocycles. The third-order valence-corrected chi connectivity index (χ3v) is 14.4. The van der Waals surface area contributed by atoms with Crippen LogP contribution in [0, 0.1) is 50.7 Å². The molecule has 12 atom stereocenters. The maximum Gasteiger partial charge on any atom is 0.138 e. The van der Waals surface area contributed by atoms with Crippen molar-refractivity contribution >= 4 is 5.78 Å². The molecule has 5 aliphatic carbocycles. The van der Waals surface area contributed by atoms with E-state index in [9.17, 15) is 25.2 Å². The minimum Gasteiger partial charge on any atom is -0.394 e. The Morgan fingerprint density at radius 2 is 1.51 bits per heavy atom. The second-order valence-corrected chi connectivity index (χ2v) is 17.2. The third kappa shape index (κ3) is 4.39. The molecule has 232 valence electrons. The molecule has 4 saturated carbocycles. The second kappa shape index (κ2) is 9.86. The Balaban J connectivity index is 1.34. The maximum absolute atomic E-state index is 13.0. The standard InChI is InChI=1S/C35H56O6/c1-31(2)15-16-35(18-23-28(38)30(40)29(39)24(19-36)41-23)14-9-21-20(22(35)17-31)7-8-26-33(21,5)12-10-25-32(3,4)27(37)11-13-34(25,26)6/h7,21-26,28-30,36,38-40H,8-19H2,1-6H3/t21?,22?,23-,24?,25?,26?,28?,29-,30?,33-,34-,35-/m0/s1. The van der Waals surface area contributed by atoms with Gasteiger partial charge in [-0.3, -0.25) is 4.79 Å². The van der Waals surface area contributed by atoms with Crippen molar-refractivity contribution in [1.82, 2.24) is 0 Å². The summed E-state index contributed by atoms with van der Waals surface area (Å²) in [6.45, 7) is 13.9. The molecule has 5 fully saturated rings. The molecular weight excluding hydrogens is 516 g/mol. The quantitative estimate of drug-likeness (QED) is 0.347. The fraction of sp³-hybridized carbons (Fsp3) is 0.914. The van der Waals surface area contributed by atoms with E-state index in [4.69, 9.17) is 4.74 Å². The van der Waals surface area contributed by atoms with Gasteiger partial charge in [0.25, 0.3) is 0 Å². The maximum atomic E-state index is 13.0. The summed E-state index contributed by atoms with van der Waals surface area (Å²) in [4.78, 5) is 13.0. The fourth-order valence-corrected chi connectivity index (χ4v) is 11.9. The van der Waals surface area contributed by atoms with Gasteiger partial charge in [-0.1, -0.05) is 53.2 Å². The lowest BCUT2D eigenvalue weighted by Crippen LogP contribution is -2.62. The van der Waals surface area contributed by atoms with Crippen molar-refractivity contribution < 1.29 is 30.0 Å². The van der Waals surface area contributed by atoms with Crippen LogP contribution in [0.15, 0.2) is 11.6 Å². The van der Waals surface area contributed by atoms with Crippen molar-refractivity contribution in [1.29, 1.82) is 0 Å². The minimum atomic E-state index is -1.31. The van der Waals surface area contributed by atoms with E-state index in [0.717, 1.165) is 51.4 Å². The number of allylic oxidation sites excluding steroid dienone is 2. The molecule has 41 heavy (non-hydrogen) atoms. The van der Waals surface area contributed by atoms with Crippen molar-refractivity contribution in [2.75, 3.05) is 6.61 Å². The molecule has 6 heteroatoms. The predicted molar refractivity (Wildman–Crippen MR) is 158 cm³/mol. The van der Waals surface area contributed by atoms with E-state index < -0.39 is 30.5 Å². The molecule has 6 rings (SSSR count). The van der Waals surface area contributed by atoms with E-state index in [1.165, 1.54) is 6.42 Å². The van der Waals surface area contributed by atoms with Crippen LogP contribution in [0.4, 0.5) is 0 Å². The Morgan fingerprint density at radius 3 is 2.22 bits per heavy atom. The Hall–Kier alpha value is -0.790. The van der Waals surface area contributed by atoms with Crippen molar-refractivity contribution in [3.63, 3.8) is 0 Å². The highest BCUT2D eigenvalue weighted by molar-refractivity contribution is 5.85. The molecule has 0 aromatic heterocycles. The van der Waals surface area contributed by atoms with Gasteiger partial charge in [-0.2, -0.15) is 0 Å². The third-order valence-electron chi connectivity index (χ3n) is 14.4. The van der Waals surface area contributed by atoms with Crippen LogP contribution in [0.2, 0.25) is 0 Å². The van der Waals surface area contributed by atoms with Gasteiger partial charge in [0.15, 0.2) is 0 Å². The first-order valence-corrected chi connectivity index (χ1v) is 16.6. The lowest BCUT2D eigenvalue weighted by Gasteiger charge is -2.67. The van der Waals surface area contributed by atoms with Gasteiger partial charge in [-0.25, -0.2) is 0 Å². The molecule has 0 spiro atoms. The number of ketones is 1.